The molecule has 1 N–H and O–H groups in total. The van der Waals surface area contributed by atoms with Crippen LogP contribution in [0.4, 0.5) is 5.69 Å². The smallest absolute Gasteiger partial charge is 0.288 e. The van der Waals surface area contributed by atoms with Gasteiger partial charge in [-0.25, -0.2) is 0 Å². The van der Waals surface area contributed by atoms with Crippen molar-refractivity contribution < 1.29 is 9.72 Å². The Kier molecular flexibility index (Phi) is 4.54. The maximum absolute atomic E-state index is 12.0. The summed E-state index contributed by atoms with van der Waals surface area (Å²) in [7, 11) is 1.81. The van der Waals surface area contributed by atoms with Gasteiger partial charge < -0.3 is 5.32 Å². The molecule has 8 heteroatoms. The van der Waals surface area contributed by atoms with E-state index in [0.29, 0.717) is 13.0 Å². The van der Waals surface area contributed by atoms with Crippen LogP contribution in [0.2, 0.25) is 5.02 Å². The molecule has 0 spiro atoms. The quantitative estimate of drug-likeness (QED) is 0.675. The van der Waals surface area contributed by atoms with E-state index in [9.17, 15) is 14.9 Å². The highest BCUT2D eigenvalue weighted by Gasteiger charge is 2.19. The molecule has 2 rings (SSSR count). The molecule has 0 aliphatic heterocycles. The van der Waals surface area contributed by atoms with Crippen molar-refractivity contribution >= 4 is 23.2 Å². The number of aryl methyl sites for hydroxylation is 1. The van der Waals surface area contributed by atoms with Crippen molar-refractivity contribution in [1.29, 1.82) is 0 Å². The van der Waals surface area contributed by atoms with E-state index >= 15 is 0 Å². The average molecular weight is 309 g/mol. The van der Waals surface area contributed by atoms with Crippen molar-refractivity contribution in [3.63, 3.8) is 0 Å². The average Bonchev–Trinajstić information content (AvgIpc) is 2.84. The molecule has 0 saturated carbocycles. The van der Waals surface area contributed by atoms with Crippen molar-refractivity contribution in [3.8, 4) is 0 Å². The van der Waals surface area contributed by atoms with Gasteiger partial charge in [0.15, 0.2) is 0 Å². The molecule has 21 heavy (non-hydrogen) atoms. The van der Waals surface area contributed by atoms with Crippen molar-refractivity contribution in [2.45, 2.75) is 6.42 Å². The second-order valence-electron chi connectivity index (χ2n) is 4.42. The standard InChI is InChI=1S/C13H13ClN4O3/c1-17-8-9(7-16-17)5-6-15-13(19)10-3-2-4-11(12(10)14)18(20)21/h2-4,7-8H,5-6H2,1H3,(H,15,19). The van der Waals surface area contributed by atoms with E-state index in [2.05, 4.69) is 10.4 Å². The molecule has 0 aliphatic rings. The van der Waals surface area contributed by atoms with E-state index in [4.69, 9.17) is 11.6 Å². The molecule has 1 heterocycles. The molecule has 7 nitrogen and oxygen atoms in total. The monoisotopic (exact) mass is 308 g/mol. The highest BCUT2D eigenvalue weighted by molar-refractivity contribution is 6.35. The van der Waals surface area contributed by atoms with E-state index in [1.807, 2.05) is 13.2 Å². The van der Waals surface area contributed by atoms with E-state index in [1.165, 1.54) is 18.2 Å². The highest BCUT2D eigenvalue weighted by Crippen LogP contribution is 2.27. The fraction of sp³-hybridized carbons (Fsp3) is 0.231. The number of halogens is 1. The lowest BCUT2D eigenvalue weighted by atomic mass is 10.2. The first-order chi connectivity index (χ1) is 9.99. The van der Waals surface area contributed by atoms with Gasteiger partial charge in [-0.2, -0.15) is 5.10 Å². The van der Waals surface area contributed by atoms with Crippen molar-refractivity contribution in [1.82, 2.24) is 15.1 Å². The zero-order valence-electron chi connectivity index (χ0n) is 11.2. The number of nitro groups is 1. The predicted octanol–water partition coefficient (Wildman–Crippen LogP) is 1.95. The van der Waals surface area contributed by atoms with Crippen LogP contribution in [-0.2, 0) is 13.5 Å². The van der Waals surface area contributed by atoms with Gasteiger partial charge >= 0.3 is 0 Å². The second-order valence-corrected chi connectivity index (χ2v) is 4.80. The van der Waals surface area contributed by atoms with Crippen LogP contribution < -0.4 is 5.32 Å². The zero-order valence-corrected chi connectivity index (χ0v) is 12.0. The number of nitro benzene ring substituents is 1. The van der Waals surface area contributed by atoms with Gasteiger partial charge in [-0.15, -0.1) is 0 Å². The Morgan fingerprint density at radius 1 is 1.52 bits per heavy atom. The molecule has 2 aromatic rings. The van der Waals surface area contributed by atoms with Crippen LogP contribution in [0.15, 0.2) is 30.6 Å². The Hall–Kier alpha value is -2.41. The van der Waals surface area contributed by atoms with Crippen LogP contribution in [0, 0.1) is 10.1 Å². The lowest BCUT2D eigenvalue weighted by Crippen LogP contribution is -2.26. The zero-order chi connectivity index (χ0) is 15.4. The normalized spacial score (nSPS) is 10.4. The Balaban J connectivity index is 2.00. The Bertz CT molecular complexity index is 684. The van der Waals surface area contributed by atoms with Crippen LogP contribution in [0.1, 0.15) is 15.9 Å². The van der Waals surface area contributed by atoms with Gasteiger partial charge in [0.25, 0.3) is 11.6 Å². The van der Waals surface area contributed by atoms with Crippen molar-refractivity contribution in [3.05, 3.63) is 56.9 Å². The minimum Gasteiger partial charge on any atom is -0.352 e. The maximum Gasteiger partial charge on any atom is 0.288 e. The molecule has 0 saturated heterocycles. The van der Waals surface area contributed by atoms with E-state index < -0.39 is 10.8 Å². The molecular formula is C13H13ClN4O3. The van der Waals surface area contributed by atoms with Gasteiger partial charge in [0.2, 0.25) is 0 Å². The SMILES string of the molecule is Cn1cc(CCNC(=O)c2cccc([N+](=O)[O-])c2Cl)cn1. The number of aromatic nitrogens is 2. The number of carbonyl (C=O) groups excluding carboxylic acids is 1. The largest absolute Gasteiger partial charge is 0.352 e. The van der Waals surface area contributed by atoms with Gasteiger partial charge in [0.1, 0.15) is 5.02 Å². The third-order valence-corrected chi connectivity index (χ3v) is 3.27. The Morgan fingerprint density at radius 2 is 2.29 bits per heavy atom. The van der Waals surface area contributed by atoms with E-state index in [-0.39, 0.29) is 16.3 Å². The first-order valence-electron chi connectivity index (χ1n) is 6.17. The summed E-state index contributed by atoms with van der Waals surface area (Å²) in [5, 5.41) is 17.3. The van der Waals surface area contributed by atoms with Gasteiger partial charge in [-0.3, -0.25) is 19.6 Å². The van der Waals surface area contributed by atoms with E-state index in [1.54, 1.807) is 10.9 Å². The molecule has 0 bridgehead atoms. The Morgan fingerprint density at radius 3 is 2.90 bits per heavy atom. The van der Waals surface area contributed by atoms with Gasteiger partial charge in [0.05, 0.1) is 16.7 Å². The summed E-state index contributed by atoms with van der Waals surface area (Å²) < 4.78 is 1.68. The number of amides is 1. The molecule has 110 valence electrons. The van der Waals surface area contributed by atoms with Gasteiger partial charge in [0, 0.05) is 25.9 Å². The molecule has 0 unspecified atom stereocenters. The fourth-order valence-electron chi connectivity index (χ4n) is 1.85. The van der Waals surface area contributed by atoms with Gasteiger partial charge in [-0.05, 0) is 18.1 Å². The molecular weight excluding hydrogens is 296 g/mol. The first-order valence-corrected chi connectivity index (χ1v) is 6.55. The van der Waals surface area contributed by atoms with Gasteiger partial charge in [-0.1, -0.05) is 17.7 Å². The van der Waals surface area contributed by atoms with Crippen LogP contribution >= 0.6 is 11.6 Å². The minimum atomic E-state index is -0.616. The second kappa shape index (κ2) is 6.36. The summed E-state index contributed by atoms with van der Waals surface area (Å²) in [6.45, 7) is 0.392. The van der Waals surface area contributed by atoms with Crippen LogP contribution in [0.5, 0.6) is 0 Å². The molecule has 0 radical (unpaired) electrons. The summed E-state index contributed by atoms with van der Waals surface area (Å²) >= 11 is 5.88. The summed E-state index contributed by atoms with van der Waals surface area (Å²) in [6.07, 6.45) is 4.19. The van der Waals surface area contributed by atoms with Crippen molar-refractivity contribution in [2.24, 2.45) is 7.05 Å². The minimum absolute atomic E-state index is 0.0945. The third kappa shape index (κ3) is 3.57. The molecule has 1 aromatic heterocycles. The lowest BCUT2D eigenvalue weighted by molar-refractivity contribution is -0.384. The third-order valence-electron chi connectivity index (χ3n) is 2.88. The number of hydrogen-bond donors (Lipinski definition) is 1. The summed E-state index contributed by atoms with van der Waals surface area (Å²) in [4.78, 5) is 22.2. The van der Waals surface area contributed by atoms with E-state index in [0.717, 1.165) is 5.56 Å². The van der Waals surface area contributed by atoms with Crippen LogP contribution in [0.3, 0.4) is 0 Å². The highest BCUT2D eigenvalue weighted by atomic mass is 35.5. The molecule has 1 aromatic carbocycles. The molecule has 0 atom stereocenters. The fourth-order valence-corrected chi connectivity index (χ4v) is 2.13. The predicted molar refractivity (Wildman–Crippen MR) is 77.4 cm³/mol. The number of rotatable bonds is 5. The topological polar surface area (TPSA) is 90.1 Å². The van der Waals surface area contributed by atoms with Crippen LogP contribution in [-0.4, -0.2) is 27.2 Å². The lowest BCUT2D eigenvalue weighted by Gasteiger charge is -2.06. The number of hydrogen-bond acceptors (Lipinski definition) is 4. The number of nitrogens with zero attached hydrogens (tertiary/aromatic N) is 3. The first kappa shape index (κ1) is 15.0. The summed E-state index contributed by atoms with van der Waals surface area (Å²) in [5.41, 5.74) is 0.802. The molecule has 0 fully saturated rings. The number of carbonyl (C=O) groups is 1. The molecule has 0 aliphatic carbocycles. The maximum atomic E-state index is 12.0. The van der Waals surface area contributed by atoms with Crippen LogP contribution in [0.25, 0.3) is 0 Å². The number of benzene rings is 1. The molecule has 1 amide bonds. The summed E-state index contributed by atoms with van der Waals surface area (Å²) in [6, 6.07) is 4.14. The summed E-state index contributed by atoms with van der Waals surface area (Å²) in [5.74, 6) is -0.437. The Labute approximate surface area is 125 Å². The van der Waals surface area contributed by atoms with Crippen molar-refractivity contribution in [2.75, 3.05) is 6.54 Å². The number of nitrogens with one attached hydrogen (secondary N) is 1.